The Morgan fingerprint density at radius 3 is 2.73 bits per heavy atom. The first-order chi connectivity index (χ1) is 7.13. The number of hydrogen-bond acceptors (Lipinski definition) is 3. The van der Waals surface area contributed by atoms with Crippen LogP contribution in [0.15, 0.2) is 18.3 Å². The maximum Gasteiger partial charge on any atom is 0.272 e. The van der Waals surface area contributed by atoms with Crippen molar-refractivity contribution in [2.75, 3.05) is 6.61 Å². The molecular weight excluding hydrogens is 204 g/mol. The highest BCUT2D eigenvalue weighted by molar-refractivity contribution is 5.93. The molecule has 0 saturated carbocycles. The molecule has 0 radical (unpaired) electrons. The van der Waals surface area contributed by atoms with Gasteiger partial charge >= 0.3 is 0 Å². The summed E-state index contributed by atoms with van der Waals surface area (Å²) in [6.45, 7) is 1.06. The predicted molar refractivity (Wildman–Crippen MR) is 50.4 cm³/mol. The van der Waals surface area contributed by atoms with Crippen molar-refractivity contribution in [3.63, 3.8) is 0 Å². The molecule has 0 aromatic carbocycles. The number of rotatable bonds is 5. The van der Waals surface area contributed by atoms with Crippen LogP contribution in [0.25, 0.3) is 0 Å². The number of pyridine rings is 1. The van der Waals surface area contributed by atoms with E-state index < -0.39 is 13.0 Å². The molecule has 1 rings (SSSR count). The zero-order valence-electron chi connectivity index (χ0n) is 8.24. The monoisotopic (exact) mass is 215 g/mol. The van der Waals surface area contributed by atoms with Gasteiger partial charge in [-0.05, 0) is 12.1 Å². The lowest BCUT2D eigenvalue weighted by atomic mass is 10.2. The molecule has 1 aromatic rings. The fourth-order valence-electron chi connectivity index (χ4n) is 0.971. The number of hydrogen-bond donors (Lipinski definition) is 0. The third-order valence-corrected chi connectivity index (χ3v) is 1.72. The zero-order chi connectivity index (χ0) is 11.3. The van der Waals surface area contributed by atoms with Crippen LogP contribution in [0.2, 0.25) is 0 Å². The first-order valence-corrected chi connectivity index (χ1v) is 4.53. The molecule has 1 heterocycles. The highest BCUT2D eigenvalue weighted by atomic mass is 19.3. The number of alkyl halides is 2. The van der Waals surface area contributed by atoms with E-state index in [1.807, 2.05) is 0 Å². The number of halogens is 2. The molecule has 3 nitrogen and oxygen atoms in total. The van der Waals surface area contributed by atoms with E-state index in [9.17, 15) is 13.6 Å². The van der Waals surface area contributed by atoms with Gasteiger partial charge in [-0.1, -0.05) is 6.92 Å². The Morgan fingerprint density at radius 1 is 1.53 bits per heavy atom. The summed E-state index contributed by atoms with van der Waals surface area (Å²) < 4.78 is 28.3. The summed E-state index contributed by atoms with van der Waals surface area (Å²) >= 11 is 0. The van der Waals surface area contributed by atoms with Crippen LogP contribution in [-0.4, -0.2) is 23.8 Å². The Bertz CT molecular complexity index is 325. The molecule has 0 unspecified atom stereocenters. The summed E-state index contributed by atoms with van der Waals surface area (Å²) in [7, 11) is 0. The van der Waals surface area contributed by atoms with Crippen molar-refractivity contribution in [1.82, 2.24) is 4.98 Å². The van der Waals surface area contributed by atoms with Crippen LogP contribution in [0, 0.1) is 0 Å². The number of carbonyl (C=O) groups excluding carboxylic acids is 1. The van der Waals surface area contributed by atoms with E-state index in [4.69, 9.17) is 4.74 Å². The zero-order valence-corrected chi connectivity index (χ0v) is 8.24. The van der Waals surface area contributed by atoms with Crippen molar-refractivity contribution in [1.29, 1.82) is 0 Å². The van der Waals surface area contributed by atoms with E-state index in [-0.39, 0.29) is 11.5 Å². The minimum absolute atomic E-state index is 0.0876. The van der Waals surface area contributed by atoms with E-state index in [2.05, 4.69) is 4.98 Å². The molecule has 5 heteroatoms. The maximum atomic E-state index is 11.8. The Hall–Kier alpha value is -1.52. The van der Waals surface area contributed by atoms with Gasteiger partial charge in [-0.15, -0.1) is 0 Å². The SMILES string of the molecule is CCC(=O)c1ccc(OCC(F)F)cn1. The van der Waals surface area contributed by atoms with Crippen LogP contribution in [0.4, 0.5) is 8.78 Å². The molecule has 0 aliphatic rings. The molecule has 0 atom stereocenters. The third-order valence-electron chi connectivity index (χ3n) is 1.72. The molecule has 0 aliphatic carbocycles. The van der Waals surface area contributed by atoms with Gasteiger partial charge in [-0.3, -0.25) is 4.79 Å². The molecule has 0 N–H and O–H groups in total. The van der Waals surface area contributed by atoms with Crippen LogP contribution in [0.3, 0.4) is 0 Å². The average molecular weight is 215 g/mol. The van der Waals surface area contributed by atoms with E-state index in [0.717, 1.165) is 0 Å². The predicted octanol–water partition coefficient (Wildman–Crippen LogP) is 2.32. The van der Waals surface area contributed by atoms with Gasteiger partial charge in [0.2, 0.25) is 0 Å². The molecule has 82 valence electrons. The first kappa shape index (κ1) is 11.6. The fraction of sp³-hybridized carbons (Fsp3) is 0.400. The van der Waals surface area contributed by atoms with Gasteiger partial charge in [0, 0.05) is 6.42 Å². The van der Waals surface area contributed by atoms with Crippen molar-refractivity contribution in [2.24, 2.45) is 0 Å². The molecule has 0 aliphatic heterocycles. The fourth-order valence-corrected chi connectivity index (χ4v) is 0.971. The number of ether oxygens (including phenoxy) is 1. The van der Waals surface area contributed by atoms with Gasteiger partial charge in [0.05, 0.1) is 6.20 Å². The van der Waals surface area contributed by atoms with Crippen LogP contribution >= 0.6 is 0 Å². The quantitative estimate of drug-likeness (QED) is 0.707. The van der Waals surface area contributed by atoms with Crippen molar-refractivity contribution in [3.8, 4) is 5.75 Å². The normalized spacial score (nSPS) is 10.4. The summed E-state index contributed by atoms with van der Waals surface area (Å²) in [5.74, 6) is 0.151. The standard InChI is InChI=1S/C10H11F2NO2/c1-2-9(14)8-4-3-7(5-13-8)15-6-10(11)12/h3-5,10H,2,6H2,1H3. The summed E-state index contributed by atoms with van der Waals surface area (Å²) in [4.78, 5) is 15.0. The largest absolute Gasteiger partial charge is 0.486 e. The van der Waals surface area contributed by atoms with Crippen molar-refractivity contribution < 1.29 is 18.3 Å². The second kappa shape index (κ2) is 5.38. The summed E-state index contributed by atoms with van der Waals surface area (Å²) in [5.41, 5.74) is 0.321. The molecule has 0 saturated heterocycles. The van der Waals surface area contributed by atoms with Gasteiger partial charge in [0.1, 0.15) is 18.1 Å². The lowest BCUT2D eigenvalue weighted by Crippen LogP contribution is -2.07. The Labute approximate surface area is 86.1 Å². The topological polar surface area (TPSA) is 39.2 Å². The highest BCUT2D eigenvalue weighted by Gasteiger charge is 2.06. The Kier molecular flexibility index (Phi) is 4.15. The minimum atomic E-state index is -2.51. The summed E-state index contributed by atoms with van der Waals surface area (Å²) in [6.07, 6.45) is -0.878. The molecule has 1 aromatic heterocycles. The molecule has 0 fully saturated rings. The summed E-state index contributed by atoms with van der Waals surface area (Å²) in [5, 5.41) is 0. The smallest absolute Gasteiger partial charge is 0.272 e. The summed E-state index contributed by atoms with van der Waals surface area (Å²) in [6, 6.07) is 2.92. The molecule has 0 bridgehead atoms. The lowest BCUT2D eigenvalue weighted by molar-refractivity contribution is 0.0816. The van der Waals surface area contributed by atoms with Gasteiger partial charge in [-0.25, -0.2) is 13.8 Å². The lowest BCUT2D eigenvalue weighted by Gasteiger charge is -2.04. The van der Waals surface area contributed by atoms with Crippen molar-refractivity contribution in [2.45, 2.75) is 19.8 Å². The Balaban J connectivity index is 2.60. The number of nitrogens with zero attached hydrogens (tertiary/aromatic N) is 1. The van der Waals surface area contributed by atoms with E-state index in [0.29, 0.717) is 12.1 Å². The van der Waals surface area contributed by atoms with Crippen LogP contribution in [0.5, 0.6) is 5.75 Å². The number of Topliss-reactive ketones (excluding diaryl/α,β-unsaturated/α-hetero) is 1. The van der Waals surface area contributed by atoms with Gasteiger partial charge in [0.25, 0.3) is 6.43 Å². The number of aromatic nitrogens is 1. The van der Waals surface area contributed by atoms with Crippen LogP contribution in [-0.2, 0) is 0 Å². The van der Waals surface area contributed by atoms with Crippen molar-refractivity contribution >= 4 is 5.78 Å². The molecular formula is C10H11F2NO2. The van der Waals surface area contributed by atoms with Crippen LogP contribution < -0.4 is 4.74 Å². The maximum absolute atomic E-state index is 11.8. The van der Waals surface area contributed by atoms with Gasteiger partial charge < -0.3 is 4.74 Å². The van der Waals surface area contributed by atoms with E-state index in [1.54, 1.807) is 6.92 Å². The van der Waals surface area contributed by atoms with Gasteiger partial charge in [0.15, 0.2) is 5.78 Å². The minimum Gasteiger partial charge on any atom is -0.486 e. The molecule has 0 spiro atoms. The number of ketones is 1. The van der Waals surface area contributed by atoms with E-state index >= 15 is 0 Å². The second-order valence-corrected chi connectivity index (χ2v) is 2.86. The third kappa shape index (κ3) is 3.61. The van der Waals surface area contributed by atoms with Crippen LogP contribution in [0.1, 0.15) is 23.8 Å². The number of carbonyl (C=O) groups is 1. The first-order valence-electron chi connectivity index (χ1n) is 4.53. The molecule has 15 heavy (non-hydrogen) atoms. The van der Waals surface area contributed by atoms with E-state index in [1.165, 1.54) is 18.3 Å². The second-order valence-electron chi connectivity index (χ2n) is 2.86. The Morgan fingerprint density at radius 2 is 2.27 bits per heavy atom. The van der Waals surface area contributed by atoms with Crippen molar-refractivity contribution in [3.05, 3.63) is 24.0 Å². The van der Waals surface area contributed by atoms with Gasteiger partial charge in [-0.2, -0.15) is 0 Å². The molecule has 0 amide bonds. The highest BCUT2D eigenvalue weighted by Crippen LogP contribution is 2.11. The average Bonchev–Trinajstić information content (AvgIpc) is 2.26.